The minimum absolute atomic E-state index is 0.126. The van der Waals surface area contributed by atoms with E-state index in [2.05, 4.69) is 26.2 Å². The van der Waals surface area contributed by atoms with Crippen molar-refractivity contribution >= 4 is 15.9 Å². The van der Waals surface area contributed by atoms with Crippen molar-refractivity contribution in [1.82, 2.24) is 10.3 Å². The minimum atomic E-state index is -0.236. The highest BCUT2D eigenvalue weighted by molar-refractivity contribution is 9.10. The van der Waals surface area contributed by atoms with Crippen LogP contribution in [0.2, 0.25) is 0 Å². The molecule has 0 aliphatic heterocycles. The summed E-state index contributed by atoms with van der Waals surface area (Å²) in [5.74, 6) is -0.236. The number of halogens is 2. The van der Waals surface area contributed by atoms with E-state index in [1.54, 1.807) is 12.3 Å². The van der Waals surface area contributed by atoms with Crippen LogP contribution >= 0.6 is 15.9 Å². The fourth-order valence-electron chi connectivity index (χ4n) is 1.68. The first-order valence-corrected chi connectivity index (χ1v) is 6.55. The van der Waals surface area contributed by atoms with Gasteiger partial charge in [0, 0.05) is 18.8 Å². The first-order valence-electron chi connectivity index (χ1n) is 5.75. The minimum Gasteiger partial charge on any atom is -0.305 e. The molecule has 2 rings (SSSR count). The predicted octanol–water partition coefficient (Wildman–Crippen LogP) is 3.83. The molecular weight excluding hydrogens is 295 g/mol. The summed E-state index contributed by atoms with van der Waals surface area (Å²) in [7, 11) is 0. The lowest BCUT2D eigenvalue weighted by Gasteiger charge is -2.14. The van der Waals surface area contributed by atoms with Gasteiger partial charge in [0.2, 0.25) is 0 Å². The molecule has 1 heterocycles. The Morgan fingerprint density at radius 1 is 1.28 bits per heavy atom. The smallest absolute Gasteiger partial charge is 0.137 e. The van der Waals surface area contributed by atoms with Crippen LogP contribution in [0.15, 0.2) is 47.1 Å². The fourth-order valence-corrected chi connectivity index (χ4v) is 2.09. The number of nitrogens with one attached hydrogen (secondary N) is 1. The number of aromatic nitrogens is 1. The van der Waals surface area contributed by atoms with Gasteiger partial charge in [-0.15, -0.1) is 0 Å². The van der Waals surface area contributed by atoms with Crippen molar-refractivity contribution in [3.05, 3.63) is 64.1 Å². The number of hydrogen-bond acceptors (Lipinski definition) is 2. The summed E-state index contributed by atoms with van der Waals surface area (Å²) in [5, 5.41) is 3.32. The number of hydrogen-bond donors (Lipinski definition) is 1. The molecule has 0 spiro atoms. The SMILES string of the molecule is C[C@H](NCc1cccc(F)c1Br)c1ccccn1. The average Bonchev–Trinajstić information content (AvgIpc) is 2.41. The Morgan fingerprint density at radius 3 is 2.83 bits per heavy atom. The summed E-state index contributed by atoms with van der Waals surface area (Å²) in [6.07, 6.45) is 1.77. The monoisotopic (exact) mass is 308 g/mol. The molecule has 0 amide bonds. The van der Waals surface area contributed by atoms with Crippen molar-refractivity contribution in [1.29, 1.82) is 0 Å². The van der Waals surface area contributed by atoms with Gasteiger partial charge in [0.15, 0.2) is 0 Å². The third kappa shape index (κ3) is 3.15. The molecular formula is C14H14BrFN2. The van der Waals surface area contributed by atoms with E-state index in [4.69, 9.17) is 0 Å². The van der Waals surface area contributed by atoms with E-state index in [0.717, 1.165) is 11.3 Å². The second-order valence-corrected chi connectivity index (χ2v) is 4.86. The molecule has 0 aliphatic rings. The topological polar surface area (TPSA) is 24.9 Å². The van der Waals surface area contributed by atoms with Gasteiger partial charge >= 0.3 is 0 Å². The quantitative estimate of drug-likeness (QED) is 0.928. The maximum absolute atomic E-state index is 13.3. The van der Waals surface area contributed by atoms with Crippen LogP contribution in [-0.2, 0) is 6.54 Å². The maximum Gasteiger partial charge on any atom is 0.137 e. The predicted molar refractivity (Wildman–Crippen MR) is 73.6 cm³/mol. The molecule has 2 aromatic rings. The second kappa shape index (κ2) is 6.07. The van der Waals surface area contributed by atoms with Crippen LogP contribution in [0.5, 0.6) is 0 Å². The van der Waals surface area contributed by atoms with Gasteiger partial charge in [0.1, 0.15) is 5.82 Å². The molecule has 1 N–H and O–H groups in total. The van der Waals surface area contributed by atoms with Crippen molar-refractivity contribution in [2.45, 2.75) is 19.5 Å². The van der Waals surface area contributed by atoms with Crippen molar-refractivity contribution in [3.63, 3.8) is 0 Å². The van der Waals surface area contributed by atoms with Gasteiger partial charge in [-0.2, -0.15) is 0 Å². The number of pyridine rings is 1. The van der Waals surface area contributed by atoms with Gasteiger partial charge < -0.3 is 5.32 Å². The largest absolute Gasteiger partial charge is 0.305 e. The van der Waals surface area contributed by atoms with Crippen molar-refractivity contribution < 1.29 is 4.39 Å². The molecule has 18 heavy (non-hydrogen) atoms. The molecule has 1 aromatic carbocycles. The Hall–Kier alpha value is -1.26. The van der Waals surface area contributed by atoms with E-state index in [1.165, 1.54) is 6.07 Å². The summed E-state index contributed by atoms with van der Waals surface area (Å²) in [4.78, 5) is 4.28. The van der Waals surface area contributed by atoms with Crippen LogP contribution in [0, 0.1) is 5.82 Å². The van der Waals surface area contributed by atoms with Gasteiger partial charge in [-0.05, 0) is 46.6 Å². The third-order valence-electron chi connectivity index (χ3n) is 2.76. The Labute approximate surface area is 114 Å². The Morgan fingerprint density at radius 2 is 2.11 bits per heavy atom. The Balaban J connectivity index is 2.02. The third-order valence-corrected chi connectivity index (χ3v) is 3.65. The standard InChI is InChI=1S/C14H14BrFN2/c1-10(13-7-2-3-8-17-13)18-9-11-5-4-6-12(16)14(11)15/h2-8,10,18H,9H2,1H3/t10-/m0/s1. The van der Waals surface area contributed by atoms with Crippen LogP contribution < -0.4 is 5.32 Å². The van der Waals surface area contributed by atoms with Gasteiger partial charge in [-0.3, -0.25) is 4.98 Å². The molecule has 0 aliphatic carbocycles. The lowest BCUT2D eigenvalue weighted by molar-refractivity contribution is 0.555. The molecule has 0 bridgehead atoms. The Bertz CT molecular complexity index is 516. The molecule has 94 valence electrons. The van der Waals surface area contributed by atoms with Gasteiger partial charge in [0.05, 0.1) is 10.2 Å². The zero-order valence-corrected chi connectivity index (χ0v) is 11.6. The van der Waals surface area contributed by atoms with Crippen LogP contribution in [-0.4, -0.2) is 4.98 Å². The summed E-state index contributed by atoms with van der Waals surface area (Å²) < 4.78 is 13.9. The van der Waals surface area contributed by atoms with E-state index in [-0.39, 0.29) is 11.9 Å². The normalized spacial score (nSPS) is 12.4. The number of benzene rings is 1. The van der Waals surface area contributed by atoms with E-state index in [0.29, 0.717) is 11.0 Å². The lowest BCUT2D eigenvalue weighted by atomic mass is 10.1. The van der Waals surface area contributed by atoms with Crippen molar-refractivity contribution in [3.8, 4) is 0 Å². The first kappa shape index (κ1) is 13.2. The van der Waals surface area contributed by atoms with Crippen molar-refractivity contribution in [2.75, 3.05) is 0 Å². The summed E-state index contributed by atoms with van der Waals surface area (Å²) in [6.45, 7) is 2.63. The van der Waals surface area contributed by atoms with Crippen LogP contribution in [0.3, 0.4) is 0 Å². The van der Waals surface area contributed by atoms with Gasteiger partial charge in [-0.1, -0.05) is 18.2 Å². The highest BCUT2D eigenvalue weighted by Gasteiger charge is 2.08. The summed E-state index contributed by atoms with van der Waals surface area (Å²) in [6, 6.07) is 11.0. The molecule has 0 saturated carbocycles. The zero-order chi connectivity index (χ0) is 13.0. The van der Waals surface area contributed by atoms with Crippen LogP contribution in [0.1, 0.15) is 24.2 Å². The highest BCUT2D eigenvalue weighted by atomic mass is 79.9. The second-order valence-electron chi connectivity index (χ2n) is 4.07. The molecule has 4 heteroatoms. The van der Waals surface area contributed by atoms with E-state index in [9.17, 15) is 4.39 Å². The van der Waals surface area contributed by atoms with Gasteiger partial charge in [0.25, 0.3) is 0 Å². The number of rotatable bonds is 4. The number of nitrogens with zero attached hydrogens (tertiary/aromatic N) is 1. The van der Waals surface area contributed by atoms with Crippen molar-refractivity contribution in [2.24, 2.45) is 0 Å². The summed E-state index contributed by atoms with van der Waals surface area (Å²) in [5.41, 5.74) is 1.88. The first-order chi connectivity index (χ1) is 8.68. The summed E-state index contributed by atoms with van der Waals surface area (Å²) >= 11 is 3.26. The van der Waals surface area contributed by atoms with Crippen LogP contribution in [0.25, 0.3) is 0 Å². The zero-order valence-electron chi connectivity index (χ0n) is 10.0. The van der Waals surface area contributed by atoms with Crippen LogP contribution in [0.4, 0.5) is 4.39 Å². The fraction of sp³-hybridized carbons (Fsp3) is 0.214. The van der Waals surface area contributed by atoms with E-state index < -0.39 is 0 Å². The average molecular weight is 309 g/mol. The van der Waals surface area contributed by atoms with E-state index in [1.807, 2.05) is 31.2 Å². The molecule has 0 radical (unpaired) electrons. The highest BCUT2D eigenvalue weighted by Crippen LogP contribution is 2.21. The molecule has 0 unspecified atom stereocenters. The molecule has 1 aromatic heterocycles. The maximum atomic E-state index is 13.3. The Kier molecular flexibility index (Phi) is 4.44. The lowest BCUT2D eigenvalue weighted by Crippen LogP contribution is -2.19. The molecule has 0 saturated heterocycles. The molecule has 0 fully saturated rings. The molecule has 2 nitrogen and oxygen atoms in total. The van der Waals surface area contributed by atoms with Gasteiger partial charge in [-0.25, -0.2) is 4.39 Å². The molecule has 1 atom stereocenters. The van der Waals surface area contributed by atoms with E-state index >= 15 is 0 Å².